The van der Waals surface area contributed by atoms with Gasteiger partial charge in [-0.3, -0.25) is 14.7 Å². The third-order valence-corrected chi connectivity index (χ3v) is 10.6. The summed E-state index contributed by atoms with van der Waals surface area (Å²) < 4.78 is 33.7. The van der Waals surface area contributed by atoms with Crippen LogP contribution in [0.15, 0.2) is 11.1 Å². The van der Waals surface area contributed by atoms with Crippen LogP contribution in [0.5, 0.6) is 5.75 Å². The molecule has 4 rings (SSSR count). The predicted octanol–water partition coefficient (Wildman–Crippen LogP) is 2.89. The lowest BCUT2D eigenvalue weighted by Gasteiger charge is -2.35. The van der Waals surface area contributed by atoms with Gasteiger partial charge in [-0.05, 0) is 74.6 Å². The summed E-state index contributed by atoms with van der Waals surface area (Å²) >= 11 is 0. The molecule has 1 aromatic carbocycles. The zero-order chi connectivity index (χ0) is 27.8. The SMILES string of the molecule is COc1c(N(C)C(N)=O)cc(C)c(CCS(=O)(=O)N2CCC3(CC2)N=C(C2CCC(C)CC2)NC3=O)c1C. The van der Waals surface area contributed by atoms with E-state index in [1.165, 1.54) is 16.3 Å². The Labute approximate surface area is 226 Å². The highest BCUT2D eigenvalue weighted by Gasteiger charge is 2.48. The number of ether oxygens (including phenoxy) is 1. The number of amidine groups is 1. The number of hydrogen-bond acceptors (Lipinski definition) is 6. The van der Waals surface area contributed by atoms with Gasteiger partial charge in [-0.1, -0.05) is 19.8 Å². The number of methoxy groups -OCH3 is 1. The zero-order valence-electron chi connectivity index (χ0n) is 23.2. The summed E-state index contributed by atoms with van der Waals surface area (Å²) in [6.45, 7) is 6.56. The summed E-state index contributed by atoms with van der Waals surface area (Å²) in [4.78, 5) is 30.8. The van der Waals surface area contributed by atoms with Gasteiger partial charge in [0.15, 0.2) is 0 Å². The molecule has 1 spiro atoms. The van der Waals surface area contributed by atoms with E-state index in [9.17, 15) is 18.0 Å². The third kappa shape index (κ3) is 5.40. The lowest BCUT2D eigenvalue weighted by Crippen LogP contribution is -2.51. The van der Waals surface area contributed by atoms with Gasteiger partial charge >= 0.3 is 6.03 Å². The second kappa shape index (κ2) is 10.8. The molecule has 3 aliphatic rings. The molecular weight excluding hydrogens is 506 g/mol. The minimum absolute atomic E-state index is 0.0587. The second-order valence-electron chi connectivity index (χ2n) is 11.2. The molecule has 2 fully saturated rings. The molecule has 2 aliphatic heterocycles. The van der Waals surface area contributed by atoms with Crippen molar-refractivity contribution in [1.82, 2.24) is 9.62 Å². The topological polar surface area (TPSA) is 134 Å². The van der Waals surface area contributed by atoms with E-state index in [0.29, 0.717) is 36.6 Å². The van der Waals surface area contributed by atoms with Gasteiger partial charge in [-0.2, -0.15) is 0 Å². The number of aliphatic imine (C=N–C) groups is 1. The van der Waals surface area contributed by atoms with Gasteiger partial charge in [0, 0.05) is 26.1 Å². The van der Waals surface area contributed by atoms with Crippen molar-refractivity contribution in [2.45, 2.75) is 71.3 Å². The van der Waals surface area contributed by atoms with Crippen molar-refractivity contribution in [3.05, 3.63) is 22.8 Å². The van der Waals surface area contributed by atoms with Gasteiger partial charge < -0.3 is 15.8 Å². The molecule has 0 radical (unpaired) electrons. The van der Waals surface area contributed by atoms with Crippen molar-refractivity contribution in [1.29, 1.82) is 0 Å². The molecule has 10 nitrogen and oxygen atoms in total. The molecule has 0 aromatic heterocycles. The quantitative estimate of drug-likeness (QED) is 0.541. The fraction of sp³-hybridized carbons (Fsp3) is 0.667. The number of urea groups is 1. The molecule has 1 aliphatic carbocycles. The first kappa shape index (κ1) is 28.4. The number of sulfonamides is 1. The molecule has 3 N–H and O–H groups in total. The van der Waals surface area contributed by atoms with Crippen molar-refractivity contribution in [2.24, 2.45) is 22.6 Å². The lowest BCUT2D eigenvalue weighted by atomic mass is 9.82. The van der Waals surface area contributed by atoms with Crippen LogP contribution in [0.4, 0.5) is 10.5 Å². The number of carbonyl (C=O) groups is 2. The van der Waals surface area contributed by atoms with Gasteiger partial charge in [0.05, 0.1) is 18.6 Å². The maximum absolute atomic E-state index is 13.3. The molecule has 0 unspecified atom stereocenters. The van der Waals surface area contributed by atoms with Gasteiger partial charge in [-0.25, -0.2) is 17.5 Å². The number of nitrogens with two attached hydrogens (primary N) is 1. The van der Waals surface area contributed by atoms with E-state index in [1.54, 1.807) is 13.1 Å². The molecule has 1 saturated heterocycles. The number of piperidine rings is 1. The van der Waals surface area contributed by atoms with Crippen molar-refractivity contribution < 1.29 is 22.7 Å². The number of primary amides is 1. The maximum Gasteiger partial charge on any atom is 0.319 e. The smallest absolute Gasteiger partial charge is 0.319 e. The largest absolute Gasteiger partial charge is 0.494 e. The number of rotatable bonds is 7. The number of hydrogen-bond donors (Lipinski definition) is 2. The fourth-order valence-corrected chi connectivity index (χ4v) is 7.55. The molecule has 11 heteroatoms. The third-order valence-electron chi connectivity index (χ3n) is 8.71. The number of nitrogens with one attached hydrogen (secondary N) is 1. The van der Waals surface area contributed by atoms with Crippen LogP contribution < -0.4 is 20.7 Å². The van der Waals surface area contributed by atoms with Crippen molar-refractivity contribution in [3.8, 4) is 5.75 Å². The zero-order valence-corrected chi connectivity index (χ0v) is 24.0. The summed E-state index contributed by atoms with van der Waals surface area (Å²) in [5, 5.41) is 3.04. The first-order chi connectivity index (χ1) is 17.9. The molecule has 210 valence electrons. The standard InChI is InChI=1S/C27H41N5O5S/c1-17-6-8-20(9-7-17)24-29-25(33)27(30-24)11-13-32(14-12-27)38(35,36)15-10-21-18(2)16-22(31(4)26(28)34)23(37-5)19(21)3/h16-17,20H,6-15H2,1-5H3,(H2,28,34)(H,29,30,33). The Morgan fingerprint density at radius 3 is 2.45 bits per heavy atom. The Balaban J connectivity index is 1.43. The van der Waals surface area contributed by atoms with E-state index >= 15 is 0 Å². The van der Waals surface area contributed by atoms with Crippen LogP contribution in [0.2, 0.25) is 0 Å². The maximum atomic E-state index is 13.3. The van der Waals surface area contributed by atoms with E-state index in [0.717, 1.165) is 54.1 Å². The molecular formula is C27H41N5O5S. The van der Waals surface area contributed by atoms with Gasteiger partial charge in [0.1, 0.15) is 17.1 Å². The molecule has 1 saturated carbocycles. The van der Waals surface area contributed by atoms with E-state index in [2.05, 4.69) is 12.2 Å². The minimum Gasteiger partial charge on any atom is -0.494 e. The number of benzene rings is 1. The molecule has 0 bridgehead atoms. The first-order valence-corrected chi connectivity index (χ1v) is 15.1. The molecule has 0 atom stereocenters. The number of aryl methyl sites for hydroxylation is 1. The summed E-state index contributed by atoms with van der Waals surface area (Å²) in [7, 11) is -0.466. The summed E-state index contributed by atoms with van der Waals surface area (Å²) in [6.07, 6.45) is 5.47. The van der Waals surface area contributed by atoms with Crippen molar-refractivity contribution in [2.75, 3.05) is 37.9 Å². The van der Waals surface area contributed by atoms with Gasteiger partial charge in [-0.15, -0.1) is 0 Å². The summed E-state index contributed by atoms with van der Waals surface area (Å²) in [5.74, 6) is 2.18. The van der Waals surface area contributed by atoms with Crippen LogP contribution >= 0.6 is 0 Å². The van der Waals surface area contributed by atoms with E-state index < -0.39 is 21.6 Å². The van der Waals surface area contributed by atoms with Crippen LogP contribution in [-0.2, 0) is 21.2 Å². The van der Waals surface area contributed by atoms with Crippen LogP contribution in [0.1, 0.15) is 62.1 Å². The van der Waals surface area contributed by atoms with Gasteiger partial charge in [0.25, 0.3) is 5.91 Å². The van der Waals surface area contributed by atoms with Crippen molar-refractivity contribution >= 4 is 33.5 Å². The Kier molecular flexibility index (Phi) is 8.09. The Morgan fingerprint density at radius 1 is 1.24 bits per heavy atom. The summed E-state index contributed by atoms with van der Waals surface area (Å²) in [6, 6.07) is 1.19. The molecule has 2 heterocycles. The molecule has 3 amide bonds. The highest BCUT2D eigenvalue weighted by atomic mass is 32.2. The van der Waals surface area contributed by atoms with Crippen LogP contribution in [0, 0.1) is 25.7 Å². The minimum atomic E-state index is -3.55. The highest BCUT2D eigenvalue weighted by Crippen LogP contribution is 2.38. The second-order valence-corrected chi connectivity index (χ2v) is 13.2. The van der Waals surface area contributed by atoms with E-state index in [-0.39, 0.29) is 24.7 Å². The molecule has 1 aromatic rings. The molecule has 38 heavy (non-hydrogen) atoms. The van der Waals surface area contributed by atoms with Crippen LogP contribution in [0.25, 0.3) is 0 Å². The average molecular weight is 548 g/mol. The Bertz CT molecular complexity index is 1230. The van der Waals surface area contributed by atoms with E-state index in [1.807, 2.05) is 13.8 Å². The monoisotopic (exact) mass is 547 g/mol. The predicted molar refractivity (Wildman–Crippen MR) is 148 cm³/mol. The number of amides is 3. The summed E-state index contributed by atoms with van der Waals surface area (Å²) in [5.41, 5.74) is 7.66. The number of carbonyl (C=O) groups excluding carboxylic acids is 2. The normalized spacial score (nSPS) is 23.7. The fourth-order valence-electron chi connectivity index (χ4n) is 6.09. The Morgan fingerprint density at radius 2 is 1.87 bits per heavy atom. The number of anilines is 1. The number of nitrogens with zero attached hydrogens (tertiary/aromatic N) is 3. The Hall–Kier alpha value is -2.66. The lowest BCUT2D eigenvalue weighted by molar-refractivity contribution is -0.125. The van der Waals surface area contributed by atoms with Crippen LogP contribution in [-0.4, -0.2) is 69.0 Å². The van der Waals surface area contributed by atoms with Gasteiger partial charge in [0.2, 0.25) is 10.0 Å². The van der Waals surface area contributed by atoms with E-state index in [4.69, 9.17) is 15.5 Å². The highest BCUT2D eigenvalue weighted by molar-refractivity contribution is 7.89. The van der Waals surface area contributed by atoms with Crippen molar-refractivity contribution in [3.63, 3.8) is 0 Å². The van der Waals surface area contributed by atoms with Crippen LogP contribution in [0.3, 0.4) is 0 Å². The first-order valence-electron chi connectivity index (χ1n) is 13.5. The average Bonchev–Trinajstić information content (AvgIpc) is 3.18.